The average Bonchev–Trinajstić information content (AvgIpc) is 3.13. The fraction of sp³-hybridized carbons (Fsp3) is 0.125. The zero-order valence-corrected chi connectivity index (χ0v) is 11.6. The molecular weight excluding hydrogens is 266 g/mol. The highest BCUT2D eigenvalue weighted by Gasteiger charge is 2.22. The highest BCUT2D eigenvalue weighted by Crippen LogP contribution is 2.17. The van der Waals surface area contributed by atoms with E-state index in [1.165, 1.54) is 0 Å². The number of hydrazone groups is 1. The number of nitrogens with zero attached hydrogens (tertiary/aromatic N) is 1. The third-order valence-electron chi connectivity index (χ3n) is 3.30. The second-order valence-corrected chi connectivity index (χ2v) is 4.71. The molecule has 3 rings (SSSR count). The Morgan fingerprint density at radius 3 is 2.71 bits per heavy atom. The van der Waals surface area contributed by atoms with Gasteiger partial charge in [0.1, 0.15) is 5.75 Å². The maximum Gasteiger partial charge on any atom is 0.273 e. The van der Waals surface area contributed by atoms with Crippen LogP contribution in [-0.4, -0.2) is 23.7 Å². The number of methoxy groups -OCH3 is 1. The molecule has 21 heavy (non-hydrogen) atoms. The van der Waals surface area contributed by atoms with E-state index in [0.29, 0.717) is 12.0 Å². The molecule has 0 aliphatic carbocycles. The summed E-state index contributed by atoms with van der Waals surface area (Å²) in [6.07, 6.45) is 4.22. The third-order valence-corrected chi connectivity index (χ3v) is 3.30. The summed E-state index contributed by atoms with van der Waals surface area (Å²) in [6, 6.07) is 11.5. The lowest BCUT2D eigenvalue weighted by atomic mass is 10.0. The highest BCUT2D eigenvalue weighted by molar-refractivity contribution is 6.27. The van der Waals surface area contributed by atoms with Gasteiger partial charge in [-0.3, -0.25) is 4.79 Å². The predicted octanol–water partition coefficient (Wildman–Crippen LogP) is 2.14. The Balaban J connectivity index is 1.81. The number of hydrogen-bond donors (Lipinski definition) is 2. The van der Waals surface area contributed by atoms with Gasteiger partial charge in [0.25, 0.3) is 5.91 Å². The normalized spacial score (nSPS) is 16.0. The van der Waals surface area contributed by atoms with Crippen LogP contribution in [0.1, 0.15) is 11.3 Å². The van der Waals surface area contributed by atoms with Gasteiger partial charge >= 0.3 is 0 Å². The summed E-state index contributed by atoms with van der Waals surface area (Å²) in [5.74, 6) is 0.636. The van der Waals surface area contributed by atoms with Gasteiger partial charge < -0.3 is 9.72 Å². The molecule has 1 aliphatic heterocycles. The van der Waals surface area contributed by atoms with Crippen LogP contribution in [0.5, 0.6) is 5.75 Å². The molecule has 0 unspecified atom stereocenters. The van der Waals surface area contributed by atoms with Crippen LogP contribution in [0.15, 0.2) is 53.3 Å². The van der Waals surface area contributed by atoms with Crippen molar-refractivity contribution in [3.63, 3.8) is 0 Å². The van der Waals surface area contributed by atoms with Crippen LogP contribution >= 0.6 is 0 Å². The maximum atomic E-state index is 11.9. The molecule has 2 aromatic rings. The zero-order chi connectivity index (χ0) is 14.7. The fourth-order valence-corrected chi connectivity index (χ4v) is 2.18. The largest absolute Gasteiger partial charge is 0.497 e. The number of aromatic amines is 1. The standard InChI is InChI=1S/C16H15N3O2/c1-21-13-6-4-11(5-7-13)9-15-14(16(20)19-18-15)10-12-3-2-8-17-12/h2-8,10,17H,9H2,1H3,(H,19,20)/b14-10+. The molecule has 1 aromatic heterocycles. The number of amides is 1. The van der Waals surface area contributed by atoms with Gasteiger partial charge in [0, 0.05) is 18.3 Å². The van der Waals surface area contributed by atoms with Crippen molar-refractivity contribution >= 4 is 17.7 Å². The predicted molar refractivity (Wildman–Crippen MR) is 81.0 cm³/mol. The van der Waals surface area contributed by atoms with Crippen molar-refractivity contribution in [3.8, 4) is 5.75 Å². The molecule has 5 heteroatoms. The summed E-state index contributed by atoms with van der Waals surface area (Å²) >= 11 is 0. The Morgan fingerprint density at radius 1 is 1.24 bits per heavy atom. The molecule has 0 saturated carbocycles. The van der Waals surface area contributed by atoms with Crippen molar-refractivity contribution in [1.29, 1.82) is 0 Å². The minimum absolute atomic E-state index is 0.173. The molecule has 0 saturated heterocycles. The number of hydrogen-bond acceptors (Lipinski definition) is 3. The molecule has 1 aliphatic rings. The average molecular weight is 281 g/mol. The first-order chi connectivity index (χ1) is 10.3. The minimum Gasteiger partial charge on any atom is -0.497 e. The Bertz CT molecular complexity index is 698. The van der Waals surface area contributed by atoms with Crippen LogP contribution in [0, 0.1) is 0 Å². The van der Waals surface area contributed by atoms with E-state index in [2.05, 4.69) is 15.5 Å². The Morgan fingerprint density at radius 2 is 2.05 bits per heavy atom. The van der Waals surface area contributed by atoms with E-state index in [1.54, 1.807) is 7.11 Å². The molecule has 106 valence electrons. The number of ether oxygens (including phenoxy) is 1. The van der Waals surface area contributed by atoms with E-state index < -0.39 is 0 Å². The van der Waals surface area contributed by atoms with E-state index in [4.69, 9.17) is 4.74 Å². The number of nitrogens with one attached hydrogen (secondary N) is 2. The van der Waals surface area contributed by atoms with E-state index in [0.717, 1.165) is 22.7 Å². The van der Waals surface area contributed by atoms with E-state index >= 15 is 0 Å². The molecule has 0 radical (unpaired) electrons. The van der Waals surface area contributed by atoms with E-state index in [9.17, 15) is 4.79 Å². The summed E-state index contributed by atoms with van der Waals surface area (Å²) in [4.78, 5) is 14.9. The van der Waals surface area contributed by atoms with Gasteiger partial charge in [-0.2, -0.15) is 5.10 Å². The molecule has 1 aromatic carbocycles. The van der Waals surface area contributed by atoms with Crippen molar-refractivity contribution in [3.05, 3.63) is 59.4 Å². The quantitative estimate of drug-likeness (QED) is 0.843. The van der Waals surface area contributed by atoms with Gasteiger partial charge in [0.15, 0.2) is 0 Å². The molecule has 1 amide bonds. The highest BCUT2D eigenvalue weighted by atomic mass is 16.5. The molecule has 2 heterocycles. The van der Waals surface area contributed by atoms with Crippen molar-refractivity contribution in [2.75, 3.05) is 7.11 Å². The topological polar surface area (TPSA) is 66.5 Å². The van der Waals surface area contributed by atoms with Gasteiger partial charge in [-0.25, -0.2) is 5.43 Å². The van der Waals surface area contributed by atoms with Gasteiger partial charge in [-0.05, 0) is 35.9 Å². The van der Waals surface area contributed by atoms with Crippen LogP contribution in [0.2, 0.25) is 0 Å². The number of H-pyrrole nitrogens is 1. The van der Waals surface area contributed by atoms with Crippen LogP contribution < -0.4 is 10.2 Å². The number of benzene rings is 1. The molecule has 5 nitrogen and oxygen atoms in total. The van der Waals surface area contributed by atoms with Crippen molar-refractivity contribution in [2.24, 2.45) is 5.10 Å². The molecule has 0 bridgehead atoms. The summed E-state index contributed by atoms with van der Waals surface area (Å²) in [6.45, 7) is 0. The first kappa shape index (κ1) is 13.2. The van der Waals surface area contributed by atoms with Crippen molar-refractivity contribution in [2.45, 2.75) is 6.42 Å². The number of rotatable bonds is 4. The smallest absolute Gasteiger partial charge is 0.273 e. The van der Waals surface area contributed by atoms with Crippen LogP contribution in [-0.2, 0) is 11.2 Å². The lowest BCUT2D eigenvalue weighted by molar-refractivity contribution is -0.116. The second kappa shape index (κ2) is 5.66. The van der Waals surface area contributed by atoms with Crippen LogP contribution in [0.25, 0.3) is 6.08 Å². The first-order valence-electron chi connectivity index (χ1n) is 6.61. The molecule has 0 atom stereocenters. The van der Waals surface area contributed by atoms with Gasteiger partial charge in [-0.1, -0.05) is 12.1 Å². The van der Waals surface area contributed by atoms with Crippen molar-refractivity contribution < 1.29 is 9.53 Å². The first-order valence-corrected chi connectivity index (χ1v) is 6.61. The molecular formula is C16H15N3O2. The zero-order valence-electron chi connectivity index (χ0n) is 11.6. The maximum absolute atomic E-state index is 11.9. The third kappa shape index (κ3) is 2.86. The summed E-state index contributed by atoms with van der Waals surface area (Å²) in [5.41, 5.74) is 5.80. The monoisotopic (exact) mass is 281 g/mol. The Labute approximate surface area is 122 Å². The van der Waals surface area contributed by atoms with Crippen LogP contribution in [0.4, 0.5) is 0 Å². The summed E-state index contributed by atoms with van der Waals surface area (Å²) in [7, 11) is 1.63. The van der Waals surface area contributed by atoms with Crippen LogP contribution in [0.3, 0.4) is 0 Å². The second-order valence-electron chi connectivity index (χ2n) is 4.71. The van der Waals surface area contributed by atoms with Crippen molar-refractivity contribution in [1.82, 2.24) is 10.4 Å². The van der Waals surface area contributed by atoms with E-state index in [1.807, 2.05) is 48.7 Å². The number of carbonyl (C=O) groups is 1. The molecule has 2 N–H and O–H groups in total. The lowest BCUT2D eigenvalue weighted by Gasteiger charge is -2.04. The Kier molecular flexibility index (Phi) is 3.55. The van der Waals surface area contributed by atoms with Gasteiger partial charge in [-0.15, -0.1) is 0 Å². The Hall–Kier alpha value is -2.82. The fourth-order valence-electron chi connectivity index (χ4n) is 2.18. The van der Waals surface area contributed by atoms with Gasteiger partial charge in [0.05, 0.1) is 18.4 Å². The SMILES string of the molecule is COc1ccc(CC2=NNC(=O)/C2=C/c2ccc[nH]2)cc1. The summed E-state index contributed by atoms with van der Waals surface area (Å²) < 4.78 is 5.14. The number of aromatic nitrogens is 1. The van der Waals surface area contributed by atoms with E-state index in [-0.39, 0.29) is 5.91 Å². The molecule has 0 fully saturated rings. The molecule has 0 spiro atoms. The summed E-state index contributed by atoms with van der Waals surface area (Å²) in [5, 5.41) is 4.12. The minimum atomic E-state index is -0.173. The number of carbonyl (C=O) groups excluding carboxylic acids is 1. The van der Waals surface area contributed by atoms with Gasteiger partial charge in [0.2, 0.25) is 0 Å². The lowest BCUT2D eigenvalue weighted by Crippen LogP contribution is -2.14.